The van der Waals surface area contributed by atoms with Crippen molar-refractivity contribution in [3.8, 4) is 0 Å². The Balaban J connectivity index is 1.55. The van der Waals surface area contributed by atoms with E-state index in [0.717, 1.165) is 49.6 Å². The SMILES string of the molecule is CC(C)(C)OC(=O)N1CCCC(Nc2nc(Cl)cc3cnn(C4CCCCO4)c23)C1. The summed E-state index contributed by atoms with van der Waals surface area (Å²) in [7, 11) is 0. The van der Waals surface area contributed by atoms with Gasteiger partial charge in [0.15, 0.2) is 12.0 Å². The third kappa shape index (κ3) is 4.81. The van der Waals surface area contributed by atoms with Gasteiger partial charge in [0, 0.05) is 31.1 Å². The summed E-state index contributed by atoms with van der Waals surface area (Å²) in [4.78, 5) is 18.8. The average Bonchev–Trinajstić information content (AvgIpc) is 3.11. The van der Waals surface area contributed by atoms with E-state index in [-0.39, 0.29) is 18.4 Å². The molecular weight excluding hydrogens is 406 g/mol. The van der Waals surface area contributed by atoms with Gasteiger partial charge >= 0.3 is 6.09 Å². The molecule has 1 N–H and O–H groups in total. The molecule has 2 fully saturated rings. The number of piperidine rings is 1. The third-order valence-corrected chi connectivity index (χ3v) is 5.58. The lowest BCUT2D eigenvalue weighted by molar-refractivity contribution is -0.0366. The van der Waals surface area contributed by atoms with E-state index in [1.165, 1.54) is 0 Å². The molecule has 2 aromatic heterocycles. The molecular formula is C21H30ClN5O3. The maximum Gasteiger partial charge on any atom is 0.410 e. The molecule has 0 radical (unpaired) electrons. The first-order valence-electron chi connectivity index (χ1n) is 10.7. The van der Waals surface area contributed by atoms with Crippen molar-refractivity contribution in [3.63, 3.8) is 0 Å². The zero-order valence-electron chi connectivity index (χ0n) is 17.9. The second-order valence-electron chi connectivity index (χ2n) is 9.05. The molecule has 2 unspecified atom stereocenters. The standard InChI is InChI=1S/C21H30ClN5O3/c1-21(2,3)30-20(28)26-9-6-7-15(13-26)24-19-18-14(11-16(22)25-19)12-23-27(18)17-8-4-5-10-29-17/h11-12,15,17H,4-10,13H2,1-3H3,(H,24,25). The molecule has 2 saturated heterocycles. The van der Waals surface area contributed by atoms with Gasteiger partial charge in [0.1, 0.15) is 16.3 Å². The summed E-state index contributed by atoms with van der Waals surface area (Å²) in [6, 6.07) is 1.87. The number of rotatable bonds is 3. The van der Waals surface area contributed by atoms with Gasteiger partial charge in [-0.1, -0.05) is 11.6 Å². The van der Waals surface area contributed by atoms with Crippen LogP contribution in [0, 0.1) is 0 Å². The van der Waals surface area contributed by atoms with Crippen LogP contribution in [0.1, 0.15) is 59.1 Å². The molecule has 4 rings (SSSR count). The van der Waals surface area contributed by atoms with Crippen LogP contribution < -0.4 is 5.32 Å². The molecule has 2 aromatic rings. The molecule has 8 nitrogen and oxygen atoms in total. The second-order valence-corrected chi connectivity index (χ2v) is 9.44. The van der Waals surface area contributed by atoms with E-state index in [0.29, 0.717) is 24.1 Å². The largest absolute Gasteiger partial charge is 0.444 e. The van der Waals surface area contributed by atoms with Gasteiger partial charge in [0.05, 0.1) is 6.20 Å². The van der Waals surface area contributed by atoms with Gasteiger partial charge in [-0.2, -0.15) is 5.10 Å². The molecule has 0 bridgehead atoms. The average molecular weight is 436 g/mol. The Morgan fingerprint density at radius 1 is 1.30 bits per heavy atom. The number of anilines is 1. The lowest BCUT2D eigenvalue weighted by atomic mass is 10.1. The molecule has 0 saturated carbocycles. The number of halogens is 1. The quantitative estimate of drug-likeness (QED) is 0.710. The van der Waals surface area contributed by atoms with Gasteiger partial charge in [-0.25, -0.2) is 14.5 Å². The van der Waals surface area contributed by atoms with Gasteiger partial charge in [-0.3, -0.25) is 0 Å². The van der Waals surface area contributed by atoms with Gasteiger partial charge in [-0.05, 0) is 58.9 Å². The lowest BCUT2D eigenvalue weighted by Gasteiger charge is -2.34. The molecule has 0 aromatic carbocycles. The predicted molar refractivity (Wildman–Crippen MR) is 116 cm³/mol. The van der Waals surface area contributed by atoms with E-state index in [2.05, 4.69) is 15.4 Å². The first kappa shape index (κ1) is 21.2. The van der Waals surface area contributed by atoms with Crippen LogP contribution in [0.15, 0.2) is 12.3 Å². The highest BCUT2D eigenvalue weighted by Crippen LogP contribution is 2.32. The van der Waals surface area contributed by atoms with Crippen LogP contribution in [0.25, 0.3) is 10.9 Å². The minimum atomic E-state index is -0.509. The van der Waals surface area contributed by atoms with Crippen LogP contribution in [-0.2, 0) is 9.47 Å². The highest BCUT2D eigenvalue weighted by Gasteiger charge is 2.29. The number of carbonyl (C=O) groups is 1. The third-order valence-electron chi connectivity index (χ3n) is 5.38. The number of fused-ring (bicyclic) bond motifs is 1. The van der Waals surface area contributed by atoms with Crippen molar-refractivity contribution in [2.75, 3.05) is 25.0 Å². The monoisotopic (exact) mass is 435 g/mol. The minimum Gasteiger partial charge on any atom is -0.444 e. The molecule has 0 spiro atoms. The van der Waals surface area contributed by atoms with Gasteiger partial charge < -0.3 is 19.7 Å². The summed E-state index contributed by atoms with van der Waals surface area (Å²) < 4.78 is 13.4. The number of carbonyl (C=O) groups excluding carboxylic acids is 1. The highest BCUT2D eigenvalue weighted by molar-refractivity contribution is 6.30. The van der Waals surface area contributed by atoms with Crippen molar-refractivity contribution >= 4 is 34.4 Å². The molecule has 2 atom stereocenters. The van der Waals surface area contributed by atoms with Crippen LogP contribution in [0.4, 0.5) is 10.6 Å². The summed E-state index contributed by atoms with van der Waals surface area (Å²) in [5.74, 6) is 0.681. The Hall–Kier alpha value is -2.06. The first-order valence-corrected chi connectivity index (χ1v) is 11.1. The van der Waals surface area contributed by atoms with Gasteiger partial charge in [-0.15, -0.1) is 0 Å². The topological polar surface area (TPSA) is 81.5 Å². The van der Waals surface area contributed by atoms with E-state index in [9.17, 15) is 4.79 Å². The van der Waals surface area contributed by atoms with Crippen LogP contribution in [0.5, 0.6) is 0 Å². The molecule has 30 heavy (non-hydrogen) atoms. The molecule has 1 amide bonds. The van der Waals surface area contributed by atoms with Crippen molar-refractivity contribution in [1.29, 1.82) is 0 Å². The number of nitrogens with one attached hydrogen (secondary N) is 1. The van der Waals surface area contributed by atoms with Gasteiger partial charge in [0.25, 0.3) is 0 Å². The van der Waals surface area contributed by atoms with Crippen molar-refractivity contribution in [3.05, 3.63) is 17.4 Å². The number of likely N-dealkylation sites (tertiary alicyclic amines) is 1. The lowest BCUT2D eigenvalue weighted by Crippen LogP contribution is -2.47. The van der Waals surface area contributed by atoms with E-state index >= 15 is 0 Å². The zero-order chi connectivity index (χ0) is 21.3. The Labute approximate surface area is 181 Å². The van der Waals surface area contributed by atoms with Crippen LogP contribution in [0.3, 0.4) is 0 Å². The summed E-state index contributed by atoms with van der Waals surface area (Å²) >= 11 is 6.28. The molecule has 0 aliphatic carbocycles. The van der Waals surface area contributed by atoms with E-state index in [1.807, 2.05) is 31.5 Å². The summed E-state index contributed by atoms with van der Waals surface area (Å²) in [5, 5.41) is 9.42. The molecule has 2 aliphatic heterocycles. The number of pyridine rings is 1. The number of ether oxygens (including phenoxy) is 2. The fourth-order valence-electron chi connectivity index (χ4n) is 4.06. The molecule has 2 aliphatic rings. The zero-order valence-corrected chi connectivity index (χ0v) is 18.6. The van der Waals surface area contributed by atoms with E-state index < -0.39 is 5.60 Å². The Morgan fingerprint density at radius 2 is 2.13 bits per heavy atom. The fraction of sp³-hybridized carbons (Fsp3) is 0.667. The Morgan fingerprint density at radius 3 is 2.87 bits per heavy atom. The second kappa shape index (κ2) is 8.59. The van der Waals surface area contributed by atoms with E-state index in [1.54, 1.807) is 11.1 Å². The number of nitrogens with zero attached hydrogens (tertiary/aromatic N) is 4. The summed E-state index contributed by atoms with van der Waals surface area (Å²) in [6.45, 7) is 7.63. The highest BCUT2D eigenvalue weighted by atomic mass is 35.5. The fourth-order valence-corrected chi connectivity index (χ4v) is 4.27. The minimum absolute atomic E-state index is 0.0519. The van der Waals surface area contributed by atoms with Crippen LogP contribution in [-0.4, -0.2) is 57.1 Å². The number of hydrogen-bond acceptors (Lipinski definition) is 6. The van der Waals surface area contributed by atoms with Gasteiger partial charge in [0.2, 0.25) is 0 Å². The summed E-state index contributed by atoms with van der Waals surface area (Å²) in [5.41, 5.74) is 0.380. The number of aromatic nitrogens is 3. The molecule has 9 heteroatoms. The maximum absolute atomic E-state index is 12.5. The smallest absolute Gasteiger partial charge is 0.410 e. The van der Waals surface area contributed by atoms with Crippen molar-refractivity contribution in [1.82, 2.24) is 19.7 Å². The van der Waals surface area contributed by atoms with Crippen molar-refractivity contribution < 1.29 is 14.3 Å². The summed E-state index contributed by atoms with van der Waals surface area (Å²) in [6.07, 6.45) is 6.38. The van der Waals surface area contributed by atoms with Crippen LogP contribution in [0.2, 0.25) is 5.15 Å². The van der Waals surface area contributed by atoms with Crippen molar-refractivity contribution in [2.45, 2.75) is 70.7 Å². The normalized spacial score (nSPS) is 22.9. The molecule has 164 valence electrons. The predicted octanol–water partition coefficient (Wildman–Crippen LogP) is 4.60. The van der Waals surface area contributed by atoms with Crippen LogP contribution >= 0.6 is 11.6 Å². The Bertz CT molecular complexity index is 904. The molecule has 4 heterocycles. The maximum atomic E-state index is 12.5. The number of hydrogen-bond donors (Lipinski definition) is 1. The number of amides is 1. The Kier molecular flexibility index (Phi) is 6.06. The van der Waals surface area contributed by atoms with Crippen molar-refractivity contribution in [2.24, 2.45) is 0 Å². The van der Waals surface area contributed by atoms with E-state index in [4.69, 9.17) is 21.1 Å². The first-order chi connectivity index (χ1) is 14.3.